The molecular formula is C8H6N4O4. The number of rotatable bonds is 2. The van der Waals surface area contributed by atoms with Crippen molar-refractivity contribution in [3.05, 3.63) is 23.8 Å². The normalized spacial score (nSPS) is 10.3. The van der Waals surface area contributed by atoms with Crippen LogP contribution < -0.4 is 0 Å². The fraction of sp³-hybridized carbons (Fsp3) is 0.125. The van der Waals surface area contributed by atoms with Crippen molar-refractivity contribution in [2.45, 2.75) is 0 Å². The van der Waals surface area contributed by atoms with Gasteiger partial charge in [0.1, 0.15) is 12.0 Å². The zero-order valence-corrected chi connectivity index (χ0v) is 8.12. The molecule has 0 radical (unpaired) electrons. The molecule has 0 saturated heterocycles. The summed E-state index contributed by atoms with van der Waals surface area (Å²) < 4.78 is 5.76. The molecule has 16 heavy (non-hydrogen) atoms. The Morgan fingerprint density at radius 1 is 1.50 bits per heavy atom. The molecule has 2 aromatic rings. The van der Waals surface area contributed by atoms with E-state index in [9.17, 15) is 9.59 Å². The molecule has 0 aliphatic carbocycles. The average Bonchev–Trinajstić information content (AvgIpc) is 2.74. The SMILES string of the molecule is COC(=O)c1cc(C(=O)O)nc2nncn12. The number of methoxy groups -OCH3 is 1. The van der Waals surface area contributed by atoms with Crippen molar-refractivity contribution in [3.8, 4) is 0 Å². The highest BCUT2D eigenvalue weighted by Crippen LogP contribution is 2.07. The van der Waals surface area contributed by atoms with Gasteiger partial charge in [0, 0.05) is 6.07 Å². The molecule has 2 aromatic heterocycles. The largest absolute Gasteiger partial charge is 0.477 e. The Morgan fingerprint density at radius 2 is 2.25 bits per heavy atom. The summed E-state index contributed by atoms with van der Waals surface area (Å²) in [7, 11) is 1.19. The molecule has 0 spiro atoms. The molecular weight excluding hydrogens is 216 g/mol. The van der Waals surface area contributed by atoms with Crippen molar-refractivity contribution >= 4 is 17.7 Å². The van der Waals surface area contributed by atoms with E-state index in [0.717, 1.165) is 6.07 Å². The molecule has 2 rings (SSSR count). The lowest BCUT2D eigenvalue weighted by Gasteiger charge is -2.02. The van der Waals surface area contributed by atoms with Gasteiger partial charge in [-0.05, 0) is 0 Å². The molecule has 0 aromatic carbocycles. The lowest BCUT2D eigenvalue weighted by molar-refractivity contribution is 0.0592. The molecule has 0 atom stereocenters. The number of hydrogen-bond acceptors (Lipinski definition) is 6. The molecule has 1 N–H and O–H groups in total. The Balaban J connectivity index is 2.73. The van der Waals surface area contributed by atoms with Gasteiger partial charge in [-0.3, -0.25) is 4.40 Å². The lowest BCUT2D eigenvalue weighted by Crippen LogP contribution is -2.12. The summed E-state index contributed by atoms with van der Waals surface area (Å²) in [5.41, 5.74) is -0.282. The Bertz CT molecular complexity index is 576. The molecule has 82 valence electrons. The van der Waals surface area contributed by atoms with E-state index in [2.05, 4.69) is 19.9 Å². The van der Waals surface area contributed by atoms with Crippen LogP contribution in [0.2, 0.25) is 0 Å². The van der Waals surface area contributed by atoms with Crippen molar-refractivity contribution in [1.29, 1.82) is 0 Å². The minimum atomic E-state index is -1.25. The predicted molar refractivity (Wildman–Crippen MR) is 49.1 cm³/mol. The van der Waals surface area contributed by atoms with Crippen LogP contribution in [0.25, 0.3) is 5.78 Å². The van der Waals surface area contributed by atoms with Crippen molar-refractivity contribution in [2.24, 2.45) is 0 Å². The van der Waals surface area contributed by atoms with Crippen LogP contribution in [0.5, 0.6) is 0 Å². The Hall–Kier alpha value is -2.51. The van der Waals surface area contributed by atoms with E-state index < -0.39 is 11.9 Å². The van der Waals surface area contributed by atoms with Gasteiger partial charge in [-0.2, -0.15) is 0 Å². The first-order chi connectivity index (χ1) is 7.63. The third-order valence-electron chi connectivity index (χ3n) is 1.90. The fourth-order valence-electron chi connectivity index (χ4n) is 1.19. The van der Waals surface area contributed by atoms with Gasteiger partial charge in [-0.15, -0.1) is 10.2 Å². The number of ether oxygens (including phenoxy) is 1. The second-order valence-corrected chi connectivity index (χ2v) is 2.82. The molecule has 0 saturated carbocycles. The van der Waals surface area contributed by atoms with E-state index in [0.29, 0.717) is 0 Å². The highest BCUT2D eigenvalue weighted by molar-refractivity contribution is 5.92. The second-order valence-electron chi connectivity index (χ2n) is 2.82. The van der Waals surface area contributed by atoms with E-state index in [1.807, 2.05) is 0 Å². The number of hydrogen-bond donors (Lipinski definition) is 1. The summed E-state index contributed by atoms with van der Waals surface area (Å²) in [5.74, 6) is -1.91. The number of carboxylic acid groups (broad SMARTS) is 1. The Kier molecular flexibility index (Phi) is 2.24. The fourth-order valence-corrected chi connectivity index (χ4v) is 1.19. The molecule has 8 heteroatoms. The van der Waals surface area contributed by atoms with Crippen LogP contribution in [0.15, 0.2) is 12.4 Å². The number of aromatic carboxylic acids is 1. The van der Waals surface area contributed by atoms with Crippen LogP contribution in [0.3, 0.4) is 0 Å². The smallest absolute Gasteiger partial charge is 0.355 e. The van der Waals surface area contributed by atoms with Crippen LogP contribution in [0, 0.1) is 0 Å². The van der Waals surface area contributed by atoms with Crippen molar-refractivity contribution in [2.75, 3.05) is 7.11 Å². The molecule has 0 unspecified atom stereocenters. The van der Waals surface area contributed by atoms with E-state index in [1.54, 1.807) is 0 Å². The maximum Gasteiger partial charge on any atom is 0.355 e. The zero-order chi connectivity index (χ0) is 11.7. The van der Waals surface area contributed by atoms with Gasteiger partial charge in [0.2, 0.25) is 0 Å². The minimum Gasteiger partial charge on any atom is -0.477 e. The third kappa shape index (κ3) is 1.45. The van der Waals surface area contributed by atoms with Crippen LogP contribution in [-0.2, 0) is 4.74 Å². The molecule has 0 bridgehead atoms. The van der Waals surface area contributed by atoms with Crippen molar-refractivity contribution in [3.63, 3.8) is 0 Å². The van der Waals surface area contributed by atoms with Crippen molar-refractivity contribution in [1.82, 2.24) is 19.6 Å². The number of carboxylic acids is 1. The average molecular weight is 222 g/mol. The van der Waals surface area contributed by atoms with Crippen LogP contribution >= 0.6 is 0 Å². The number of aromatic nitrogens is 4. The summed E-state index contributed by atoms with van der Waals surface area (Å²) in [6, 6.07) is 1.10. The van der Waals surface area contributed by atoms with Crippen LogP contribution in [0.1, 0.15) is 21.0 Å². The summed E-state index contributed by atoms with van der Waals surface area (Å²) in [4.78, 5) is 25.8. The van der Waals surface area contributed by atoms with Crippen LogP contribution in [0.4, 0.5) is 0 Å². The van der Waals surface area contributed by atoms with E-state index in [1.165, 1.54) is 17.8 Å². The first-order valence-corrected chi connectivity index (χ1v) is 4.16. The Labute approximate surface area is 88.5 Å². The lowest BCUT2D eigenvalue weighted by atomic mass is 10.3. The first kappa shape index (κ1) is 10.0. The van der Waals surface area contributed by atoms with Gasteiger partial charge in [-0.25, -0.2) is 14.6 Å². The van der Waals surface area contributed by atoms with Gasteiger partial charge in [-0.1, -0.05) is 0 Å². The van der Waals surface area contributed by atoms with Crippen molar-refractivity contribution < 1.29 is 19.4 Å². The number of nitrogens with zero attached hydrogens (tertiary/aromatic N) is 4. The van der Waals surface area contributed by atoms with Gasteiger partial charge >= 0.3 is 11.9 Å². The molecule has 2 heterocycles. The third-order valence-corrected chi connectivity index (χ3v) is 1.90. The summed E-state index contributed by atoms with van der Waals surface area (Å²) in [6.07, 6.45) is 1.25. The van der Waals surface area contributed by atoms with Crippen LogP contribution in [-0.4, -0.2) is 43.7 Å². The summed E-state index contributed by atoms with van der Waals surface area (Å²) in [6.45, 7) is 0. The number of esters is 1. The van der Waals surface area contributed by atoms with Gasteiger partial charge in [0.15, 0.2) is 5.69 Å². The molecule has 8 nitrogen and oxygen atoms in total. The predicted octanol–water partition coefficient (Wildman–Crippen LogP) is -0.391. The van der Waals surface area contributed by atoms with Gasteiger partial charge in [0.05, 0.1) is 7.11 Å². The van der Waals surface area contributed by atoms with E-state index in [4.69, 9.17) is 5.11 Å². The summed E-state index contributed by atoms with van der Waals surface area (Å²) in [5, 5.41) is 15.9. The number of fused-ring (bicyclic) bond motifs is 1. The second kappa shape index (κ2) is 3.57. The number of carbonyl (C=O) groups is 2. The molecule has 0 aliphatic rings. The zero-order valence-electron chi connectivity index (χ0n) is 8.12. The standard InChI is InChI=1S/C8H6N4O4/c1-16-7(15)5-2-4(6(13)14)10-8-11-9-3-12(5)8/h2-3H,1H3,(H,13,14). The first-order valence-electron chi connectivity index (χ1n) is 4.16. The number of carbonyl (C=O) groups excluding carboxylic acids is 1. The molecule has 0 fully saturated rings. The quantitative estimate of drug-likeness (QED) is 0.689. The Morgan fingerprint density at radius 3 is 2.88 bits per heavy atom. The topological polar surface area (TPSA) is 107 Å². The molecule has 0 amide bonds. The van der Waals surface area contributed by atoms with Gasteiger partial charge < -0.3 is 9.84 Å². The highest BCUT2D eigenvalue weighted by Gasteiger charge is 2.17. The minimum absolute atomic E-state index is 0.00917. The van der Waals surface area contributed by atoms with E-state index in [-0.39, 0.29) is 17.2 Å². The summed E-state index contributed by atoms with van der Waals surface area (Å²) >= 11 is 0. The maximum atomic E-state index is 11.4. The van der Waals surface area contributed by atoms with E-state index >= 15 is 0 Å². The monoisotopic (exact) mass is 222 g/mol. The maximum absolute atomic E-state index is 11.4. The van der Waals surface area contributed by atoms with Gasteiger partial charge in [0.25, 0.3) is 5.78 Å². The highest BCUT2D eigenvalue weighted by atomic mass is 16.5. The molecule has 0 aliphatic heterocycles.